The third-order valence-electron chi connectivity index (χ3n) is 9.25. The molecule has 16 nitrogen and oxygen atoms in total. The second kappa shape index (κ2) is 21.7. The number of aliphatic hydroxyl groups excluding tert-OH is 6. The van der Waals surface area contributed by atoms with E-state index in [0.717, 1.165) is 0 Å². The van der Waals surface area contributed by atoms with Gasteiger partial charge in [-0.15, -0.1) is 12.8 Å². The number of carbonyl (C=O) groups excluding carboxylic acids is 4. The third-order valence-corrected chi connectivity index (χ3v) is 10.6. The zero-order valence-electron chi connectivity index (χ0n) is 30.3. The fourth-order valence-electron chi connectivity index (χ4n) is 6.21. The van der Waals surface area contributed by atoms with Crippen molar-refractivity contribution in [1.82, 2.24) is 10.6 Å². The van der Waals surface area contributed by atoms with Gasteiger partial charge in [0.2, 0.25) is 11.8 Å². The number of amides is 2. The fraction of sp³-hybridized carbons (Fsp3) is 0.487. The van der Waals surface area contributed by atoms with Crippen molar-refractivity contribution in [3.63, 3.8) is 0 Å². The highest BCUT2D eigenvalue weighted by Crippen LogP contribution is 2.38. The molecule has 17 heteroatoms. The molecule has 2 amide bonds. The molecule has 2 saturated heterocycles. The van der Waals surface area contributed by atoms with E-state index in [-0.39, 0.29) is 50.5 Å². The first-order valence-electron chi connectivity index (χ1n) is 17.7. The van der Waals surface area contributed by atoms with Crippen LogP contribution in [0.15, 0.2) is 48.5 Å². The molecular weight excluding hydrogens is 752 g/mol. The number of benzene rings is 2. The Bertz CT molecular complexity index is 1710. The number of hydrogen-bond donors (Lipinski definition) is 8. The highest BCUT2D eigenvalue weighted by atomic mass is 32.2. The summed E-state index contributed by atoms with van der Waals surface area (Å²) in [5.41, 5.74) is -2.01. The molecule has 302 valence electrons. The first kappa shape index (κ1) is 44.2. The van der Waals surface area contributed by atoms with E-state index in [2.05, 4.69) is 22.5 Å². The molecule has 6 unspecified atom stereocenters. The second-order valence-corrected chi connectivity index (χ2v) is 14.2. The van der Waals surface area contributed by atoms with E-state index in [1.54, 1.807) is 24.3 Å². The zero-order chi connectivity index (χ0) is 40.8. The molecule has 4 rings (SSSR count). The number of aliphatic hydroxyl groups is 6. The average Bonchev–Trinajstić information content (AvgIpc) is 3.21. The van der Waals surface area contributed by atoms with E-state index in [9.17, 15) is 49.8 Å². The molecule has 0 radical (unpaired) electrons. The van der Waals surface area contributed by atoms with Crippen molar-refractivity contribution >= 4 is 35.1 Å². The SMILES string of the molecule is C#CCOc1ccc(C(=O)CCC(=O)NC2C(O)[C@H](S[C@@H]3OC(CO)[C@H](CO)C(NC(=O)CCC(=O)c4ccc(OCC#C)cc4)C3O)OC(CO)[C@@H]2O)cc1. The van der Waals surface area contributed by atoms with Crippen LogP contribution >= 0.6 is 11.8 Å². The van der Waals surface area contributed by atoms with Gasteiger partial charge in [0.1, 0.15) is 60.0 Å². The van der Waals surface area contributed by atoms with Crippen LogP contribution in [0.3, 0.4) is 0 Å². The van der Waals surface area contributed by atoms with E-state index in [1.807, 2.05) is 0 Å². The minimum Gasteiger partial charge on any atom is -0.481 e. The van der Waals surface area contributed by atoms with Gasteiger partial charge in [-0.25, -0.2) is 0 Å². The van der Waals surface area contributed by atoms with Crippen LogP contribution in [0.5, 0.6) is 11.5 Å². The largest absolute Gasteiger partial charge is 0.481 e. The van der Waals surface area contributed by atoms with Crippen LogP contribution in [-0.4, -0.2) is 141 Å². The molecule has 2 fully saturated rings. The Morgan fingerprint density at radius 1 is 0.625 bits per heavy atom. The van der Waals surface area contributed by atoms with Crippen molar-refractivity contribution in [3.8, 4) is 36.2 Å². The Balaban J connectivity index is 1.37. The van der Waals surface area contributed by atoms with E-state index < -0.39 is 91.0 Å². The lowest BCUT2D eigenvalue weighted by Crippen LogP contribution is -2.65. The van der Waals surface area contributed by atoms with Gasteiger partial charge in [-0.2, -0.15) is 0 Å². The van der Waals surface area contributed by atoms with E-state index >= 15 is 0 Å². The Kier molecular flexibility index (Phi) is 17.1. The summed E-state index contributed by atoms with van der Waals surface area (Å²) >= 11 is 0.703. The van der Waals surface area contributed by atoms with Crippen LogP contribution in [0.1, 0.15) is 46.4 Å². The maximum Gasteiger partial charge on any atom is 0.220 e. The van der Waals surface area contributed by atoms with Crippen LogP contribution in [0.2, 0.25) is 0 Å². The van der Waals surface area contributed by atoms with Gasteiger partial charge in [-0.3, -0.25) is 19.2 Å². The van der Waals surface area contributed by atoms with Gasteiger partial charge in [0.25, 0.3) is 0 Å². The molecule has 2 aliphatic heterocycles. The van der Waals surface area contributed by atoms with Gasteiger partial charge in [-0.1, -0.05) is 23.6 Å². The lowest BCUT2D eigenvalue weighted by molar-refractivity contribution is -0.174. The molecule has 8 N–H and O–H groups in total. The summed E-state index contributed by atoms with van der Waals surface area (Å²) in [6, 6.07) is 9.78. The first-order chi connectivity index (χ1) is 26.9. The summed E-state index contributed by atoms with van der Waals surface area (Å²) in [5, 5.41) is 68.9. The Morgan fingerprint density at radius 2 is 1.05 bits per heavy atom. The van der Waals surface area contributed by atoms with Gasteiger partial charge >= 0.3 is 0 Å². The number of hydrogen-bond acceptors (Lipinski definition) is 15. The lowest BCUT2D eigenvalue weighted by atomic mass is 9.88. The zero-order valence-corrected chi connectivity index (χ0v) is 31.1. The van der Waals surface area contributed by atoms with Crippen LogP contribution in [0.4, 0.5) is 0 Å². The Hall–Kier alpha value is -4.53. The Morgan fingerprint density at radius 3 is 1.48 bits per heavy atom. The molecule has 0 aromatic heterocycles. The number of rotatable bonds is 19. The van der Waals surface area contributed by atoms with E-state index in [1.165, 1.54) is 24.3 Å². The molecular formula is C39H46N2O14S. The van der Waals surface area contributed by atoms with Gasteiger partial charge in [-0.05, 0) is 48.5 Å². The summed E-state index contributed by atoms with van der Waals surface area (Å²) in [6.07, 6.45) is 2.17. The van der Waals surface area contributed by atoms with Crippen LogP contribution < -0.4 is 20.1 Å². The maximum atomic E-state index is 13.1. The summed E-state index contributed by atoms with van der Waals surface area (Å²) in [6.45, 7) is -1.85. The summed E-state index contributed by atoms with van der Waals surface area (Å²) < 4.78 is 22.2. The second-order valence-electron chi connectivity index (χ2n) is 13.0. The van der Waals surface area contributed by atoms with Gasteiger partial charge < -0.3 is 60.2 Å². The highest BCUT2D eigenvalue weighted by molar-refractivity contribution is 8.00. The molecule has 10 atom stereocenters. The molecule has 0 spiro atoms. The van der Waals surface area contributed by atoms with Crippen LogP contribution in [0.25, 0.3) is 0 Å². The number of ketones is 2. The molecule has 0 bridgehead atoms. The number of Topliss-reactive ketones (excluding diaryl/α,β-unsaturated/α-hetero) is 2. The fourth-order valence-corrected chi connectivity index (χ4v) is 7.55. The predicted molar refractivity (Wildman–Crippen MR) is 200 cm³/mol. The van der Waals surface area contributed by atoms with Crippen molar-refractivity contribution in [2.24, 2.45) is 5.92 Å². The predicted octanol–water partition coefficient (Wildman–Crippen LogP) is -0.835. The van der Waals surface area contributed by atoms with Gasteiger partial charge in [0.15, 0.2) is 11.6 Å². The van der Waals surface area contributed by atoms with Gasteiger partial charge in [0, 0.05) is 42.7 Å². The summed E-state index contributed by atoms with van der Waals surface area (Å²) in [4.78, 5) is 51.5. The molecule has 0 saturated carbocycles. The van der Waals surface area contributed by atoms with Crippen molar-refractivity contribution in [1.29, 1.82) is 0 Å². The normalized spacial score (nSPS) is 27.2. The van der Waals surface area contributed by atoms with Crippen LogP contribution in [-0.2, 0) is 19.1 Å². The molecule has 0 aliphatic carbocycles. The highest BCUT2D eigenvalue weighted by Gasteiger charge is 2.50. The number of nitrogens with one attached hydrogen (secondary N) is 2. The minimum atomic E-state index is -1.65. The monoisotopic (exact) mass is 798 g/mol. The minimum absolute atomic E-state index is 0.0579. The molecule has 2 aliphatic rings. The third kappa shape index (κ3) is 11.7. The summed E-state index contributed by atoms with van der Waals surface area (Å²) in [5.74, 6) is 2.60. The standard InChI is InChI=1S/C39H46N2O14S/c1-3-17-52-24-9-5-22(6-10-24)27(45)13-15-31(47)40-33-26(19-42)29(20-43)54-38(36(33)50)56-39-37(51)34(35(49)30(21-44)55-39)41-32(48)16-14-28(46)23-7-11-25(12-8-23)53-18-4-2/h1-2,5-12,26,29-30,33-39,42-44,49-51H,13-21H2,(H,40,47)(H,41,48)/t26-,29?,30?,33?,34?,35-,36?,37?,38-,39-/m0/s1. The molecule has 2 aromatic rings. The molecule has 2 aromatic carbocycles. The van der Waals surface area contributed by atoms with Gasteiger partial charge in [0.05, 0.1) is 38.0 Å². The van der Waals surface area contributed by atoms with E-state index in [0.29, 0.717) is 34.4 Å². The lowest BCUT2D eigenvalue weighted by Gasteiger charge is -2.47. The Labute approximate surface area is 327 Å². The van der Waals surface area contributed by atoms with Crippen molar-refractivity contribution in [3.05, 3.63) is 59.7 Å². The van der Waals surface area contributed by atoms with Crippen LogP contribution in [0, 0.1) is 30.6 Å². The number of terminal acetylenes is 2. The first-order valence-corrected chi connectivity index (χ1v) is 18.7. The number of carbonyl (C=O) groups is 4. The van der Waals surface area contributed by atoms with Crippen molar-refractivity contribution in [2.75, 3.05) is 33.0 Å². The quantitative estimate of drug-likeness (QED) is 0.0638. The molecule has 2 heterocycles. The van der Waals surface area contributed by atoms with E-state index in [4.69, 9.17) is 31.8 Å². The topological polar surface area (TPSA) is 251 Å². The summed E-state index contributed by atoms with van der Waals surface area (Å²) in [7, 11) is 0. The number of ether oxygens (including phenoxy) is 4. The maximum absolute atomic E-state index is 13.1. The van der Waals surface area contributed by atoms with Crippen molar-refractivity contribution < 1.29 is 68.8 Å². The smallest absolute Gasteiger partial charge is 0.220 e. The molecule has 56 heavy (non-hydrogen) atoms. The average molecular weight is 799 g/mol. The van der Waals surface area contributed by atoms with Crippen molar-refractivity contribution in [2.45, 2.75) is 79.2 Å². The number of thioether (sulfide) groups is 1.